The van der Waals surface area contributed by atoms with Crippen molar-refractivity contribution >= 4 is 15.9 Å². The number of nitrogens with two attached hydrogens (primary N) is 1. The van der Waals surface area contributed by atoms with Gasteiger partial charge in [0.25, 0.3) is 0 Å². The molecule has 0 radical (unpaired) electrons. The molecule has 0 unspecified atom stereocenters. The molecule has 162 valence electrons. The lowest BCUT2D eigenvalue weighted by molar-refractivity contribution is -0.133. The molecule has 2 saturated carbocycles. The SMILES string of the molecule is COc1cccnc1C1CCC(OC[C@]2(C(N)=O)CC[C@H](NS(C)(=O)=O)C2)CC1. The summed E-state index contributed by atoms with van der Waals surface area (Å²) < 4.78 is 37.1. The van der Waals surface area contributed by atoms with E-state index in [0.717, 1.165) is 43.4 Å². The molecular formula is C20H31N3O5S. The molecule has 1 amide bonds. The minimum absolute atomic E-state index is 0.0686. The lowest BCUT2D eigenvalue weighted by atomic mass is 9.83. The second-order valence-corrected chi connectivity index (χ2v) is 10.1. The number of hydrogen-bond donors (Lipinski definition) is 2. The molecule has 8 nitrogen and oxygen atoms in total. The van der Waals surface area contributed by atoms with Crippen molar-refractivity contribution < 1.29 is 22.7 Å². The number of amides is 1. The first-order chi connectivity index (χ1) is 13.7. The Morgan fingerprint density at radius 1 is 1.31 bits per heavy atom. The van der Waals surface area contributed by atoms with Gasteiger partial charge in [0.2, 0.25) is 15.9 Å². The van der Waals surface area contributed by atoms with Gasteiger partial charge in [-0.3, -0.25) is 9.78 Å². The highest BCUT2D eigenvalue weighted by Crippen LogP contribution is 2.41. The number of aromatic nitrogens is 1. The van der Waals surface area contributed by atoms with Crippen molar-refractivity contribution in [2.75, 3.05) is 20.0 Å². The van der Waals surface area contributed by atoms with Gasteiger partial charge in [-0.25, -0.2) is 13.1 Å². The van der Waals surface area contributed by atoms with Crippen molar-refractivity contribution in [3.63, 3.8) is 0 Å². The van der Waals surface area contributed by atoms with E-state index in [1.807, 2.05) is 12.1 Å². The molecule has 0 aromatic carbocycles. The molecule has 1 aromatic heterocycles. The van der Waals surface area contributed by atoms with E-state index in [1.54, 1.807) is 13.3 Å². The van der Waals surface area contributed by atoms with Crippen molar-refractivity contribution in [2.45, 2.75) is 63.0 Å². The third-order valence-corrected chi connectivity index (χ3v) is 6.95. The summed E-state index contributed by atoms with van der Waals surface area (Å²) in [5, 5.41) is 0. The third-order valence-electron chi connectivity index (χ3n) is 6.19. The monoisotopic (exact) mass is 425 g/mol. The van der Waals surface area contributed by atoms with Gasteiger partial charge in [0.05, 0.1) is 37.2 Å². The summed E-state index contributed by atoms with van der Waals surface area (Å²) in [4.78, 5) is 16.7. The number of nitrogens with one attached hydrogen (secondary N) is 1. The van der Waals surface area contributed by atoms with E-state index in [4.69, 9.17) is 15.2 Å². The number of primary amides is 1. The standard InChI is InChI=1S/C20H31N3O5S/c1-27-17-4-3-11-22-18(17)14-5-7-16(8-6-14)28-13-20(19(21)24)10-9-15(12-20)23-29(2,25)26/h3-4,11,14-16,23H,5-10,12-13H2,1-2H3,(H2,21,24)/t14?,15-,16?,20-/m0/s1. The van der Waals surface area contributed by atoms with Gasteiger partial charge in [-0.15, -0.1) is 0 Å². The van der Waals surface area contributed by atoms with Gasteiger partial charge in [-0.1, -0.05) is 0 Å². The maximum absolute atomic E-state index is 12.2. The second kappa shape index (κ2) is 8.97. The van der Waals surface area contributed by atoms with Crippen LogP contribution in [0, 0.1) is 5.41 Å². The van der Waals surface area contributed by atoms with Crippen LogP contribution in [-0.4, -0.2) is 51.4 Å². The number of ether oxygens (including phenoxy) is 2. The number of pyridine rings is 1. The Morgan fingerprint density at radius 3 is 2.66 bits per heavy atom. The average molecular weight is 426 g/mol. The average Bonchev–Trinajstić information content (AvgIpc) is 3.09. The number of sulfonamides is 1. The van der Waals surface area contributed by atoms with Crippen LogP contribution in [0.15, 0.2) is 18.3 Å². The number of carbonyl (C=O) groups is 1. The number of nitrogens with zero attached hydrogens (tertiary/aromatic N) is 1. The highest BCUT2D eigenvalue weighted by atomic mass is 32.2. The van der Waals surface area contributed by atoms with E-state index in [0.29, 0.717) is 25.2 Å². The van der Waals surface area contributed by atoms with E-state index in [1.165, 1.54) is 0 Å². The Morgan fingerprint density at radius 2 is 2.03 bits per heavy atom. The maximum Gasteiger partial charge on any atom is 0.226 e. The Bertz CT molecular complexity index is 823. The number of hydrogen-bond acceptors (Lipinski definition) is 6. The zero-order valence-electron chi connectivity index (χ0n) is 17.1. The summed E-state index contributed by atoms with van der Waals surface area (Å²) in [5.74, 6) is 0.744. The van der Waals surface area contributed by atoms with Crippen molar-refractivity contribution in [1.82, 2.24) is 9.71 Å². The fourth-order valence-electron chi connectivity index (χ4n) is 4.62. The molecule has 2 fully saturated rings. The highest BCUT2D eigenvalue weighted by Gasteiger charge is 2.45. The summed E-state index contributed by atoms with van der Waals surface area (Å²) in [7, 11) is -1.66. The molecule has 1 heterocycles. The molecule has 0 aliphatic heterocycles. The predicted octanol–water partition coefficient (Wildman–Crippen LogP) is 1.71. The first-order valence-corrected chi connectivity index (χ1v) is 12.0. The van der Waals surface area contributed by atoms with Gasteiger partial charge in [0.15, 0.2) is 0 Å². The van der Waals surface area contributed by atoms with Crippen LogP contribution in [0.2, 0.25) is 0 Å². The summed E-state index contributed by atoms with van der Waals surface area (Å²) in [6.45, 7) is 0.243. The normalized spacial score (nSPS) is 30.2. The fraction of sp³-hybridized carbons (Fsp3) is 0.700. The molecule has 0 spiro atoms. The molecule has 2 atom stereocenters. The highest BCUT2D eigenvalue weighted by molar-refractivity contribution is 7.88. The van der Waals surface area contributed by atoms with E-state index >= 15 is 0 Å². The molecule has 1 aromatic rings. The number of methoxy groups -OCH3 is 1. The van der Waals surface area contributed by atoms with Crippen LogP contribution < -0.4 is 15.2 Å². The lowest BCUT2D eigenvalue weighted by Crippen LogP contribution is -2.42. The third kappa shape index (κ3) is 5.46. The summed E-state index contributed by atoms with van der Waals surface area (Å²) in [6.07, 6.45) is 8.14. The molecule has 2 aliphatic rings. The Balaban J connectivity index is 1.54. The van der Waals surface area contributed by atoms with Crippen molar-refractivity contribution in [2.24, 2.45) is 11.1 Å². The van der Waals surface area contributed by atoms with Crippen molar-refractivity contribution in [3.8, 4) is 5.75 Å². The Hall–Kier alpha value is -1.71. The summed E-state index contributed by atoms with van der Waals surface area (Å²) in [5.41, 5.74) is 5.88. The van der Waals surface area contributed by atoms with E-state index in [-0.39, 0.29) is 18.8 Å². The Kier molecular flexibility index (Phi) is 6.80. The van der Waals surface area contributed by atoms with Gasteiger partial charge in [0, 0.05) is 18.2 Å². The van der Waals surface area contributed by atoms with Crippen LogP contribution in [0.4, 0.5) is 0 Å². The van der Waals surface area contributed by atoms with Crippen LogP contribution >= 0.6 is 0 Å². The largest absolute Gasteiger partial charge is 0.495 e. The van der Waals surface area contributed by atoms with Gasteiger partial charge in [-0.05, 0) is 57.1 Å². The van der Waals surface area contributed by atoms with Gasteiger partial charge >= 0.3 is 0 Å². The zero-order chi connectivity index (χ0) is 21.1. The number of carbonyl (C=O) groups excluding carboxylic acids is 1. The van der Waals surface area contributed by atoms with E-state index < -0.39 is 21.3 Å². The zero-order valence-corrected chi connectivity index (χ0v) is 17.9. The van der Waals surface area contributed by atoms with Crippen molar-refractivity contribution in [1.29, 1.82) is 0 Å². The quantitative estimate of drug-likeness (QED) is 0.654. The molecular weight excluding hydrogens is 394 g/mol. The van der Waals surface area contributed by atoms with Crippen LogP contribution in [0.5, 0.6) is 5.75 Å². The molecule has 3 N–H and O–H groups in total. The van der Waals surface area contributed by atoms with Crippen LogP contribution in [0.1, 0.15) is 56.6 Å². The smallest absolute Gasteiger partial charge is 0.226 e. The molecule has 0 saturated heterocycles. The molecule has 3 rings (SSSR count). The Labute approximate surface area is 172 Å². The molecule has 2 aliphatic carbocycles. The maximum atomic E-state index is 12.2. The molecule has 29 heavy (non-hydrogen) atoms. The molecule has 0 bridgehead atoms. The number of rotatable bonds is 8. The van der Waals surface area contributed by atoms with Gasteiger partial charge < -0.3 is 15.2 Å². The van der Waals surface area contributed by atoms with Crippen LogP contribution in [0.3, 0.4) is 0 Å². The fourth-order valence-corrected chi connectivity index (χ4v) is 5.42. The van der Waals surface area contributed by atoms with E-state index in [2.05, 4.69) is 9.71 Å². The molecule has 9 heteroatoms. The van der Waals surface area contributed by atoms with Crippen LogP contribution in [-0.2, 0) is 19.6 Å². The van der Waals surface area contributed by atoms with E-state index in [9.17, 15) is 13.2 Å². The first-order valence-electron chi connectivity index (χ1n) is 10.1. The first kappa shape index (κ1) is 22.0. The van der Waals surface area contributed by atoms with Gasteiger partial charge in [0.1, 0.15) is 5.75 Å². The predicted molar refractivity (Wildman–Crippen MR) is 109 cm³/mol. The lowest BCUT2D eigenvalue weighted by Gasteiger charge is -2.32. The van der Waals surface area contributed by atoms with Crippen molar-refractivity contribution in [3.05, 3.63) is 24.0 Å². The topological polar surface area (TPSA) is 121 Å². The van der Waals surface area contributed by atoms with Crippen LogP contribution in [0.25, 0.3) is 0 Å². The summed E-state index contributed by atoms with van der Waals surface area (Å²) >= 11 is 0. The second-order valence-electron chi connectivity index (χ2n) is 8.35. The minimum Gasteiger partial charge on any atom is -0.495 e. The van der Waals surface area contributed by atoms with Gasteiger partial charge in [-0.2, -0.15) is 0 Å². The minimum atomic E-state index is -3.32. The summed E-state index contributed by atoms with van der Waals surface area (Å²) in [6, 6.07) is 3.53.